The van der Waals surface area contributed by atoms with Gasteiger partial charge in [-0.2, -0.15) is 0 Å². The van der Waals surface area contributed by atoms with Gasteiger partial charge in [0.2, 0.25) is 11.8 Å². The van der Waals surface area contributed by atoms with Gasteiger partial charge in [0.15, 0.2) is 0 Å². The van der Waals surface area contributed by atoms with E-state index in [9.17, 15) is 22.4 Å². The summed E-state index contributed by atoms with van der Waals surface area (Å²) >= 11 is 2.14. The molecule has 0 spiro atoms. The number of carbonyl (C=O) groups excluding carboxylic acids is 2. The molecule has 0 saturated heterocycles. The molecule has 1 aliphatic rings. The van der Waals surface area contributed by atoms with Gasteiger partial charge in [-0.05, 0) is 95.1 Å². The number of carbonyl (C=O) groups is 2. The third-order valence-electron chi connectivity index (χ3n) is 7.96. The second kappa shape index (κ2) is 15.0. The van der Waals surface area contributed by atoms with E-state index in [1.807, 2.05) is 30.3 Å². The molecule has 1 atom stereocenters. The number of hydrogen-bond donors (Lipinski definition) is 1. The molecule has 0 aromatic heterocycles. The summed E-state index contributed by atoms with van der Waals surface area (Å²) in [4.78, 5) is 30.0. The molecule has 1 unspecified atom stereocenters. The third-order valence-corrected chi connectivity index (χ3v) is 10.5. The molecule has 45 heavy (non-hydrogen) atoms. The SMILES string of the molecule is O=C(NC1CCCC1)C(Cc1ccccc1)N(Cc1ccc(F)cc1)C(=O)CN(c1ccc(I)cc1)S(=O)(=O)c1ccccc1. The minimum Gasteiger partial charge on any atom is -0.352 e. The van der Waals surface area contributed by atoms with Crippen molar-refractivity contribution in [1.29, 1.82) is 0 Å². The van der Waals surface area contributed by atoms with E-state index in [0.29, 0.717) is 11.3 Å². The van der Waals surface area contributed by atoms with Crippen LogP contribution in [0, 0.1) is 9.39 Å². The van der Waals surface area contributed by atoms with Gasteiger partial charge >= 0.3 is 0 Å². The van der Waals surface area contributed by atoms with Gasteiger partial charge in [0, 0.05) is 22.6 Å². The van der Waals surface area contributed by atoms with Crippen LogP contribution in [0.3, 0.4) is 0 Å². The van der Waals surface area contributed by atoms with Gasteiger partial charge in [0.25, 0.3) is 10.0 Å². The number of amides is 2. The Kier molecular flexibility index (Phi) is 10.9. The van der Waals surface area contributed by atoms with Gasteiger partial charge in [0.1, 0.15) is 18.4 Å². The number of sulfonamides is 1. The molecule has 4 aromatic rings. The summed E-state index contributed by atoms with van der Waals surface area (Å²) in [6.45, 7) is -0.554. The fourth-order valence-electron chi connectivity index (χ4n) is 5.56. The Hall–Kier alpha value is -3.77. The van der Waals surface area contributed by atoms with Crippen LogP contribution < -0.4 is 9.62 Å². The summed E-state index contributed by atoms with van der Waals surface area (Å²) in [6, 6.07) is 29.1. The molecule has 1 N–H and O–H groups in total. The van der Waals surface area contributed by atoms with Crippen molar-refractivity contribution in [3.63, 3.8) is 0 Å². The average Bonchev–Trinajstić information content (AvgIpc) is 3.57. The lowest BCUT2D eigenvalue weighted by atomic mass is 10.0. The molecular formula is C35H35FIN3O4S. The quantitative estimate of drug-likeness (QED) is 0.172. The molecule has 5 rings (SSSR count). The predicted octanol–water partition coefficient (Wildman–Crippen LogP) is 6.32. The number of benzene rings is 4. The van der Waals surface area contributed by atoms with E-state index < -0.39 is 34.3 Å². The highest BCUT2D eigenvalue weighted by atomic mass is 127. The molecule has 0 bridgehead atoms. The minimum atomic E-state index is -4.16. The zero-order valence-corrected chi connectivity index (χ0v) is 27.7. The monoisotopic (exact) mass is 739 g/mol. The normalized spacial score (nSPS) is 14.1. The van der Waals surface area contributed by atoms with Crippen molar-refractivity contribution in [1.82, 2.24) is 10.2 Å². The second-order valence-corrected chi connectivity index (χ2v) is 14.3. The van der Waals surface area contributed by atoms with Gasteiger partial charge in [-0.15, -0.1) is 0 Å². The van der Waals surface area contributed by atoms with E-state index in [-0.39, 0.29) is 29.8 Å². The standard InChI is InChI=1S/C35H35FIN3O4S/c36-28-17-15-27(16-18-28)24-39(33(23-26-9-3-1-4-10-26)35(42)38-30-11-7-8-12-30)34(41)25-40(31-21-19-29(37)20-22-31)45(43,44)32-13-5-2-6-14-32/h1-6,9-10,13-22,30,33H,7-8,11-12,23-25H2,(H,38,42). The fourth-order valence-corrected chi connectivity index (χ4v) is 7.36. The molecular weight excluding hydrogens is 704 g/mol. The predicted molar refractivity (Wildman–Crippen MR) is 181 cm³/mol. The molecule has 10 heteroatoms. The molecule has 4 aromatic carbocycles. The third kappa shape index (κ3) is 8.49. The lowest BCUT2D eigenvalue weighted by Gasteiger charge is -2.34. The molecule has 1 fully saturated rings. The Morgan fingerprint density at radius 3 is 2.04 bits per heavy atom. The Labute approximate surface area is 277 Å². The number of halogens is 2. The summed E-state index contributed by atoms with van der Waals surface area (Å²) in [6.07, 6.45) is 4.00. The average molecular weight is 740 g/mol. The number of nitrogens with one attached hydrogen (secondary N) is 1. The number of nitrogens with zero attached hydrogens (tertiary/aromatic N) is 2. The second-order valence-electron chi connectivity index (χ2n) is 11.1. The molecule has 2 amide bonds. The summed E-state index contributed by atoms with van der Waals surface area (Å²) in [5.74, 6) is -1.27. The Balaban J connectivity index is 1.55. The molecule has 234 valence electrons. The smallest absolute Gasteiger partial charge is 0.264 e. The van der Waals surface area contributed by atoms with Crippen molar-refractivity contribution in [2.24, 2.45) is 0 Å². The largest absolute Gasteiger partial charge is 0.352 e. The molecule has 0 aliphatic heterocycles. The number of rotatable bonds is 12. The molecule has 0 heterocycles. The highest BCUT2D eigenvalue weighted by Gasteiger charge is 2.35. The highest BCUT2D eigenvalue weighted by molar-refractivity contribution is 14.1. The first kappa shape index (κ1) is 32.6. The van der Waals surface area contributed by atoms with Crippen molar-refractivity contribution < 1.29 is 22.4 Å². The number of anilines is 1. The van der Waals surface area contributed by atoms with Crippen LogP contribution in [0.2, 0.25) is 0 Å². The van der Waals surface area contributed by atoms with Crippen molar-refractivity contribution >= 4 is 50.1 Å². The van der Waals surface area contributed by atoms with E-state index >= 15 is 0 Å². The first-order chi connectivity index (χ1) is 21.7. The Bertz CT molecular complexity index is 1680. The van der Waals surface area contributed by atoms with E-state index in [1.165, 1.54) is 29.2 Å². The first-order valence-electron chi connectivity index (χ1n) is 14.9. The lowest BCUT2D eigenvalue weighted by Crippen LogP contribution is -2.54. The Morgan fingerprint density at radius 1 is 0.822 bits per heavy atom. The Morgan fingerprint density at radius 2 is 1.42 bits per heavy atom. The zero-order chi connectivity index (χ0) is 31.8. The van der Waals surface area contributed by atoms with Crippen LogP contribution >= 0.6 is 22.6 Å². The van der Waals surface area contributed by atoms with Gasteiger partial charge in [-0.1, -0.05) is 73.5 Å². The van der Waals surface area contributed by atoms with Crippen LogP contribution in [0.1, 0.15) is 36.8 Å². The van der Waals surface area contributed by atoms with E-state index in [0.717, 1.165) is 39.1 Å². The number of hydrogen-bond acceptors (Lipinski definition) is 4. The summed E-state index contributed by atoms with van der Waals surface area (Å²) in [5, 5.41) is 3.15. The summed E-state index contributed by atoms with van der Waals surface area (Å²) in [7, 11) is -4.16. The van der Waals surface area contributed by atoms with E-state index in [1.54, 1.807) is 54.6 Å². The molecule has 0 radical (unpaired) electrons. The van der Waals surface area contributed by atoms with Crippen LogP contribution in [0.25, 0.3) is 0 Å². The molecule has 1 saturated carbocycles. The van der Waals surface area contributed by atoms with Gasteiger partial charge in [-0.25, -0.2) is 12.8 Å². The highest BCUT2D eigenvalue weighted by Crippen LogP contribution is 2.26. The maximum Gasteiger partial charge on any atom is 0.264 e. The maximum absolute atomic E-state index is 14.5. The van der Waals surface area contributed by atoms with Crippen LogP contribution in [0.5, 0.6) is 0 Å². The van der Waals surface area contributed by atoms with Gasteiger partial charge in [0.05, 0.1) is 10.6 Å². The first-order valence-corrected chi connectivity index (χ1v) is 17.4. The van der Waals surface area contributed by atoms with Crippen molar-refractivity contribution in [3.05, 3.63) is 130 Å². The summed E-state index contributed by atoms with van der Waals surface area (Å²) < 4.78 is 43.9. The van der Waals surface area contributed by atoms with Crippen LogP contribution in [0.4, 0.5) is 10.1 Å². The fraction of sp³-hybridized carbons (Fsp3) is 0.257. The topological polar surface area (TPSA) is 86.8 Å². The summed E-state index contributed by atoms with van der Waals surface area (Å²) in [5.41, 5.74) is 1.79. The van der Waals surface area contributed by atoms with Crippen LogP contribution in [-0.2, 0) is 32.6 Å². The maximum atomic E-state index is 14.5. The van der Waals surface area contributed by atoms with Crippen LogP contribution in [0.15, 0.2) is 114 Å². The molecule has 1 aliphatic carbocycles. The van der Waals surface area contributed by atoms with E-state index in [2.05, 4.69) is 27.9 Å². The zero-order valence-electron chi connectivity index (χ0n) is 24.7. The van der Waals surface area contributed by atoms with Crippen molar-refractivity contribution in [2.45, 2.75) is 55.6 Å². The van der Waals surface area contributed by atoms with Gasteiger partial charge in [-0.3, -0.25) is 13.9 Å². The minimum absolute atomic E-state index is 0.0133. The van der Waals surface area contributed by atoms with Crippen molar-refractivity contribution in [2.75, 3.05) is 10.8 Å². The lowest BCUT2D eigenvalue weighted by molar-refractivity contribution is -0.140. The van der Waals surface area contributed by atoms with E-state index in [4.69, 9.17) is 0 Å². The molecule has 7 nitrogen and oxygen atoms in total. The van der Waals surface area contributed by atoms with Crippen molar-refractivity contribution in [3.8, 4) is 0 Å². The van der Waals surface area contributed by atoms with Crippen LogP contribution in [-0.4, -0.2) is 43.8 Å². The van der Waals surface area contributed by atoms with Gasteiger partial charge < -0.3 is 10.2 Å².